The summed E-state index contributed by atoms with van der Waals surface area (Å²) in [4.78, 5) is 23.6. The van der Waals surface area contributed by atoms with Gasteiger partial charge >= 0.3 is 5.97 Å². The number of amides is 1. The van der Waals surface area contributed by atoms with Crippen LogP contribution >= 0.6 is 0 Å². The minimum atomic E-state index is -0.900. The van der Waals surface area contributed by atoms with Crippen molar-refractivity contribution >= 4 is 11.9 Å². The number of carboxylic acid groups (broad SMARTS) is 1. The third kappa shape index (κ3) is 6.29. The molecule has 7 heteroatoms. The standard InChI is InChI=1S/C20H27NO6/c1-3-4-14-5-6-17(18(11-14)25-2)27-13-19(22)21-12-16(20(23)24)15-7-9-26-10-8-15/h3,5-6,11,15-16H,1,4,7-10,12-13H2,2H3,(H,21,22)(H,23,24). The molecule has 7 nitrogen and oxygen atoms in total. The highest BCUT2D eigenvalue weighted by Crippen LogP contribution is 2.28. The molecule has 1 saturated heterocycles. The number of hydrogen-bond donors (Lipinski definition) is 2. The zero-order chi connectivity index (χ0) is 19.6. The van der Waals surface area contributed by atoms with Crippen molar-refractivity contribution in [1.82, 2.24) is 5.32 Å². The van der Waals surface area contributed by atoms with E-state index >= 15 is 0 Å². The van der Waals surface area contributed by atoms with E-state index in [0.717, 1.165) is 5.56 Å². The van der Waals surface area contributed by atoms with Crippen LogP contribution in [0.25, 0.3) is 0 Å². The van der Waals surface area contributed by atoms with Crippen LogP contribution in [0.1, 0.15) is 18.4 Å². The zero-order valence-electron chi connectivity index (χ0n) is 15.6. The highest BCUT2D eigenvalue weighted by Gasteiger charge is 2.30. The molecule has 1 amide bonds. The van der Waals surface area contributed by atoms with Crippen molar-refractivity contribution in [3.05, 3.63) is 36.4 Å². The Balaban J connectivity index is 1.86. The summed E-state index contributed by atoms with van der Waals surface area (Å²) >= 11 is 0. The number of carboxylic acids is 1. The van der Waals surface area contributed by atoms with Gasteiger partial charge in [0.15, 0.2) is 18.1 Å². The van der Waals surface area contributed by atoms with Crippen molar-refractivity contribution in [2.75, 3.05) is 33.5 Å². The van der Waals surface area contributed by atoms with Crippen LogP contribution in [0.2, 0.25) is 0 Å². The molecule has 2 N–H and O–H groups in total. The van der Waals surface area contributed by atoms with Crippen LogP contribution in [0, 0.1) is 11.8 Å². The van der Waals surface area contributed by atoms with Crippen molar-refractivity contribution < 1.29 is 28.9 Å². The number of carbonyl (C=O) groups is 2. The third-order valence-electron chi connectivity index (χ3n) is 4.64. The molecule has 0 bridgehead atoms. The summed E-state index contributed by atoms with van der Waals surface area (Å²) < 4.78 is 16.1. The Kier molecular flexibility index (Phi) is 8.13. The number of benzene rings is 1. The average Bonchev–Trinajstić information content (AvgIpc) is 2.67. The summed E-state index contributed by atoms with van der Waals surface area (Å²) in [7, 11) is 1.53. The van der Waals surface area contributed by atoms with Gasteiger partial charge in [0.1, 0.15) is 0 Å². The first kappa shape index (κ1) is 20.8. The molecule has 1 heterocycles. The molecule has 0 radical (unpaired) electrons. The van der Waals surface area contributed by atoms with Gasteiger partial charge in [0.2, 0.25) is 0 Å². The lowest BCUT2D eigenvalue weighted by atomic mass is 9.86. The third-order valence-corrected chi connectivity index (χ3v) is 4.64. The van der Waals surface area contributed by atoms with Gasteiger partial charge in [-0.2, -0.15) is 0 Å². The number of allylic oxidation sites excluding steroid dienone is 1. The summed E-state index contributed by atoms with van der Waals surface area (Å²) in [5.41, 5.74) is 1.03. The first-order valence-electron chi connectivity index (χ1n) is 9.03. The second-order valence-corrected chi connectivity index (χ2v) is 6.47. The van der Waals surface area contributed by atoms with Crippen LogP contribution in [0.3, 0.4) is 0 Å². The number of hydrogen-bond acceptors (Lipinski definition) is 5. The lowest BCUT2D eigenvalue weighted by Gasteiger charge is -2.27. The Morgan fingerprint density at radius 2 is 2.11 bits per heavy atom. The average molecular weight is 377 g/mol. The molecule has 1 aliphatic heterocycles. The van der Waals surface area contributed by atoms with Gasteiger partial charge in [0, 0.05) is 19.8 Å². The molecular formula is C20H27NO6. The molecule has 0 saturated carbocycles. The van der Waals surface area contributed by atoms with Crippen molar-refractivity contribution in [1.29, 1.82) is 0 Å². The van der Waals surface area contributed by atoms with E-state index in [1.54, 1.807) is 12.1 Å². The van der Waals surface area contributed by atoms with Crippen molar-refractivity contribution in [2.24, 2.45) is 11.8 Å². The van der Waals surface area contributed by atoms with E-state index in [-0.39, 0.29) is 25.0 Å². The van der Waals surface area contributed by atoms with Crippen LogP contribution in [0.4, 0.5) is 0 Å². The number of ether oxygens (including phenoxy) is 3. The van der Waals surface area contributed by atoms with Crippen LogP contribution in [-0.4, -0.2) is 50.5 Å². The summed E-state index contributed by atoms with van der Waals surface area (Å²) in [6.07, 6.45) is 3.88. The number of carbonyl (C=O) groups excluding carboxylic acids is 1. The molecule has 1 atom stereocenters. The Labute approximate surface area is 159 Å². The van der Waals surface area contributed by atoms with Crippen molar-refractivity contribution in [2.45, 2.75) is 19.3 Å². The van der Waals surface area contributed by atoms with E-state index in [2.05, 4.69) is 11.9 Å². The van der Waals surface area contributed by atoms with Crippen LogP contribution in [0.15, 0.2) is 30.9 Å². The molecule has 2 rings (SSSR count). The van der Waals surface area contributed by atoms with E-state index in [1.165, 1.54) is 7.11 Å². The Morgan fingerprint density at radius 3 is 2.74 bits per heavy atom. The molecule has 27 heavy (non-hydrogen) atoms. The molecule has 1 unspecified atom stereocenters. The number of nitrogens with one attached hydrogen (secondary N) is 1. The van der Waals surface area contributed by atoms with Crippen LogP contribution in [-0.2, 0) is 20.7 Å². The molecule has 1 aliphatic rings. The summed E-state index contributed by atoms with van der Waals surface area (Å²) in [5, 5.41) is 12.1. The molecule has 0 aromatic heterocycles. The van der Waals surface area contributed by atoms with Crippen LogP contribution < -0.4 is 14.8 Å². The fourth-order valence-electron chi connectivity index (χ4n) is 3.12. The van der Waals surface area contributed by atoms with E-state index in [1.807, 2.05) is 12.1 Å². The molecule has 148 valence electrons. The minimum absolute atomic E-state index is 0.00923. The van der Waals surface area contributed by atoms with Crippen molar-refractivity contribution in [3.8, 4) is 11.5 Å². The van der Waals surface area contributed by atoms with Gasteiger partial charge in [0.25, 0.3) is 5.91 Å². The maximum atomic E-state index is 12.1. The van der Waals surface area contributed by atoms with Crippen molar-refractivity contribution in [3.63, 3.8) is 0 Å². The van der Waals surface area contributed by atoms with Gasteiger partial charge < -0.3 is 24.6 Å². The van der Waals surface area contributed by atoms with Gasteiger partial charge in [-0.05, 0) is 42.9 Å². The van der Waals surface area contributed by atoms with E-state index in [9.17, 15) is 14.7 Å². The fraction of sp³-hybridized carbons (Fsp3) is 0.500. The van der Waals surface area contributed by atoms with Crippen LogP contribution in [0.5, 0.6) is 11.5 Å². The molecule has 0 spiro atoms. The largest absolute Gasteiger partial charge is 0.493 e. The monoisotopic (exact) mass is 377 g/mol. The Morgan fingerprint density at radius 1 is 1.37 bits per heavy atom. The molecule has 1 aromatic rings. The fourth-order valence-corrected chi connectivity index (χ4v) is 3.12. The van der Waals surface area contributed by atoms with E-state index in [4.69, 9.17) is 14.2 Å². The van der Waals surface area contributed by atoms with Gasteiger partial charge in [-0.15, -0.1) is 6.58 Å². The number of aliphatic carboxylic acids is 1. The highest BCUT2D eigenvalue weighted by atomic mass is 16.5. The summed E-state index contributed by atoms with van der Waals surface area (Å²) in [5.74, 6) is -0.888. The molecular weight excluding hydrogens is 350 g/mol. The normalized spacial score (nSPS) is 15.6. The van der Waals surface area contributed by atoms with E-state index < -0.39 is 11.9 Å². The molecule has 1 aromatic carbocycles. The maximum Gasteiger partial charge on any atom is 0.308 e. The van der Waals surface area contributed by atoms with Gasteiger partial charge in [-0.1, -0.05) is 12.1 Å². The maximum absolute atomic E-state index is 12.1. The predicted octanol–water partition coefficient (Wildman–Crippen LogP) is 2.05. The van der Waals surface area contributed by atoms with Gasteiger partial charge in [-0.25, -0.2) is 0 Å². The Hall–Kier alpha value is -2.54. The first-order valence-corrected chi connectivity index (χ1v) is 9.03. The number of rotatable bonds is 10. The molecule has 1 fully saturated rings. The summed E-state index contributed by atoms with van der Waals surface area (Å²) in [6, 6.07) is 5.45. The first-order chi connectivity index (χ1) is 13.0. The number of methoxy groups -OCH3 is 1. The minimum Gasteiger partial charge on any atom is -0.493 e. The second-order valence-electron chi connectivity index (χ2n) is 6.47. The smallest absolute Gasteiger partial charge is 0.308 e. The van der Waals surface area contributed by atoms with Gasteiger partial charge in [-0.3, -0.25) is 9.59 Å². The topological polar surface area (TPSA) is 94.1 Å². The predicted molar refractivity (Wildman–Crippen MR) is 100 cm³/mol. The lowest BCUT2D eigenvalue weighted by molar-refractivity contribution is -0.145. The quantitative estimate of drug-likeness (QED) is 0.606. The molecule has 0 aliphatic carbocycles. The van der Waals surface area contributed by atoms with E-state index in [0.29, 0.717) is 44.0 Å². The second kappa shape index (κ2) is 10.6. The lowest BCUT2D eigenvalue weighted by Crippen LogP contribution is -2.40. The summed E-state index contributed by atoms with van der Waals surface area (Å²) in [6.45, 7) is 4.70. The van der Waals surface area contributed by atoms with Gasteiger partial charge in [0.05, 0.1) is 13.0 Å². The highest BCUT2D eigenvalue weighted by molar-refractivity contribution is 5.78. The zero-order valence-corrected chi connectivity index (χ0v) is 15.6. The Bertz CT molecular complexity index is 654. The SMILES string of the molecule is C=CCc1ccc(OCC(=O)NCC(C(=O)O)C2CCOCC2)c(OC)c1.